The molecule has 0 amide bonds. The average Bonchev–Trinajstić information content (AvgIpc) is 2.29. The Morgan fingerprint density at radius 2 is 1.56 bits per heavy atom. The summed E-state index contributed by atoms with van der Waals surface area (Å²) in [5.41, 5.74) is 0.817. The topological polar surface area (TPSA) is 68.6 Å². The van der Waals surface area contributed by atoms with E-state index in [1.807, 2.05) is 24.3 Å². The van der Waals surface area contributed by atoms with Gasteiger partial charge in [0.2, 0.25) is 5.82 Å². The number of nitrogens with zero attached hydrogens (tertiary/aromatic N) is 4. The van der Waals surface area contributed by atoms with Gasteiger partial charge in [-0.25, -0.2) is 0 Å². The Morgan fingerprint density at radius 1 is 1.00 bits per heavy atom. The van der Waals surface area contributed by atoms with Gasteiger partial charge in [-0.15, -0.1) is 20.4 Å². The van der Waals surface area contributed by atoms with Crippen LogP contribution in [0.3, 0.4) is 0 Å². The molecule has 6 heteroatoms. The zero-order chi connectivity index (χ0) is 11.6. The van der Waals surface area contributed by atoms with Crippen molar-refractivity contribution in [2.75, 3.05) is 12.5 Å². The number of benzene rings is 1. The second-order valence-corrected chi connectivity index (χ2v) is 6.99. The standard InChI is InChI=1S/C10H12N4OS/c1-16(2,15)9-5-3-8(4-6-9)10-13-11-7-12-14-10/h3-7,16H,1-2H3. The first kappa shape index (κ1) is 10.8. The fourth-order valence-corrected chi connectivity index (χ4v) is 2.16. The molecule has 5 nitrogen and oxygen atoms in total. The molecule has 84 valence electrons. The van der Waals surface area contributed by atoms with Crippen molar-refractivity contribution in [2.24, 2.45) is 0 Å². The number of aromatic nitrogens is 4. The zero-order valence-corrected chi connectivity index (χ0v) is 9.93. The van der Waals surface area contributed by atoms with Crippen LogP contribution in [0.25, 0.3) is 11.4 Å². The molecule has 0 radical (unpaired) electrons. The molecule has 1 aromatic heterocycles. The second-order valence-electron chi connectivity index (χ2n) is 3.77. The lowest BCUT2D eigenvalue weighted by atomic mass is 10.2. The van der Waals surface area contributed by atoms with Crippen LogP contribution in [-0.2, 0) is 9.93 Å². The lowest BCUT2D eigenvalue weighted by molar-refractivity contribution is 0.678. The van der Waals surface area contributed by atoms with Crippen molar-refractivity contribution in [3.63, 3.8) is 0 Å². The SMILES string of the molecule is C[SH](C)(=O)c1ccc(-c2nncnn2)cc1. The van der Waals surface area contributed by atoms with Crippen molar-refractivity contribution >= 4 is 9.93 Å². The summed E-state index contributed by atoms with van der Waals surface area (Å²) in [6.45, 7) is 0. The first-order valence-corrected chi connectivity index (χ1v) is 7.34. The molecule has 0 bridgehead atoms. The lowest BCUT2D eigenvalue weighted by Gasteiger charge is -2.11. The summed E-state index contributed by atoms with van der Waals surface area (Å²) in [5.74, 6) is 0.469. The average molecular weight is 236 g/mol. The van der Waals surface area contributed by atoms with E-state index in [2.05, 4.69) is 20.4 Å². The van der Waals surface area contributed by atoms with E-state index in [9.17, 15) is 4.21 Å². The van der Waals surface area contributed by atoms with Crippen molar-refractivity contribution in [3.8, 4) is 11.4 Å². The molecule has 0 fully saturated rings. The normalized spacial score (nSPS) is 12.4. The van der Waals surface area contributed by atoms with Gasteiger partial charge in [-0.05, 0) is 36.8 Å². The Bertz CT molecular complexity index is 520. The van der Waals surface area contributed by atoms with E-state index in [0.717, 1.165) is 10.5 Å². The molecule has 2 rings (SSSR count). The van der Waals surface area contributed by atoms with Gasteiger partial charge in [0, 0.05) is 10.5 Å². The molecule has 0 unspecified atom stereocenters. The molecule has 0 saturated carbocycles. The van der Waals surface area contributed by atoms with Crippen molar-refractivity contribution in [1.82, 2.24) is 20.4 Å². The second kappa shape index (κ2) is 4.05. The minimum atomic E-state index is -2.20. The summed E-state index contributed by atoms with van der Waals surface area (Å²) < 4.78 is 11.8. The third-order valence-corrected chi connectivity index (χ3v) is 3.70. The molecule has 0 spiro atoms. The number of hydrogen-bond donors (Lipinski definition) is 1. The van der Waals surface area contributed by atoms with Gasteiger partial charge >= 0.3 is 0 Å². The van der Waals surface area contributed by atoms with Gasteiger partial charge in [0.1, 0.15) is 0 Å². The highest BCUT2D eigenvalue weighted by atomic mass is 32.2. The van der Waals surface area contributed by atoms with Gasteiger partial charge < -0.3 is 0 Å². The van der Waals surface area contributed by atoms with Crippen LogP contribution in [0.15, 0.2) is 35.5 Å². The van der Waals surface area contributed by atoms with Crippen LogP contribution in [0.5, 0.6) is 0 Å². The summed E-state index contributed by atoms with van der Waals surface area (Å²) in [5, 5.41) is 15.0. The quantitative estimate of drug-likeness (QED) is 0.772. The van der Waals surface area contributed by atoms with Gasteiger partial charge in [0.15, 0.2) is 6.33 Å². The maximum Gasteiger partial charge on any atom is 0.203 e. The zero-order valence-electron chi connectivity index (χ0n) is 9.03. The molecule has 16 heavy (non-hydrogen) atoms. The molecule has 0 aliphatic heterocycles. The van der Waals surface area contributed by atoms with Gasteiger partial charge in [-0.2, -0.15) is 0 Å². The molecule has 1 aromatic carbocycles. The van der Waals surface area contributed by atoms with E-state index in [4.69, 9.17) is 0 Å². The van der Waals surface area contributed by atoms with Crippen LogP contribution in [0, 0.1) is 0 Å². The third kappa shape index (κ3) is 2.27. The summed E-state index contributed by atoms with van der Waals surface area (Å²) >= 11 is 0. The van der Waals surface area contributed by atoms with Crippen molar-refractivity contribution < 1.29 is 4.21 Å². The maximum absolute atomic E-state index is 11.8. The Kier molecular flexibility index (Phi) is 2.74. The lowest BCUT2D eigenvalue weighted by Crippen LogP contribution is -2.05. The number of hydrogen-bond acceptors (Lipinski definition) is 5. The first-order chi connectivity index (χ1) is 7.57. The maximum atomic E-state index is 11.8. The van der Waals surface area contributed by atoms with Crippen LogP contribution < -0.4 is 0 Å². The summed E-state index contributed by atoms with van der Waals surface area (Å²) in [6, 6.07) is 7.31. The monoisotopic (exact) mass is 236 g/mol. The van der Waals surface area contributed by atoms with Crippen LogP contribution in [0.4, 0.5) is 0 Å². The van der Waals surface area contributed by atoms with Gasteiger partial charge in [-0.3, -0.25) is 4.21 Å². The van der Waals surface area contributed by atoms with Crippen LogP contribution in [-0.4, -0.2) is 37.1 Å². The number of rotatable bonds is 2. The van der Waals surface area contributed by atoms with Crippen molar-refractivity contribution in [1.29, 1.82) is 0 Å². The highest BCUT2D eigenvalue weighted by Gasteiger charge is 2.06. The first-order valence-electron chi connectivity index (χ1n) is 4.74. The summed E-state index contributed by atoms with van der Waals surface area (Å²) in [4.78, 5) is 0.841. The van der Waals surface area contributed by atoms with E-state index in [0.29, 0.717) is 5.82 Å². The minimum Gasteiger partial charge on any atom is -0.281 e. The van der Waals surface area contributed by atoms with Crippen LogP contribution in [0.2, 0.25) is 0 Å². The molecule has 2 aromatic rings. The molecule has 0 N–H and O–H groups in total. The van der Waals surface area contributed by atoms with Gasteiger partial charge in [0.25, 0.3) is 0 Å². The van der Waals surface area contributed by atoms with E-state index in [-0.39, 0.29) is 0 Å². The van der Waals surface area contributed by atoms with E-state index in [1.54, 1.807) is 12.5 Å². The summed E-state index contributed by atoms with van der Waals surface area (Å²) in [7, 11) is -2.20. The Labute approximate surface area is 94.4 Å². The predicted octanol–water partition coefficient (Wildman–Crippen LogP) is 0.569. The van der Waals surface area contributed by atoms with Crippen LogP contribution >= 0.6 is 0 Å². The van der Waals surface area contributed by atoms with Gasteiger partial charge in [0.05, 0.1) is 0 Å². The molecule has 0 saturated heterocycles. The van der Waals surface area contributed by atoms with E-state index >= 15 is 0 Å². The predicted molar refractivity (Wildman–Crippen MR) is 62.7 cm³/mol. The Balaban J connectivity index is 2.38. The highest BCUT2D eigenvalue weighted by molar-refractivity contribution is 8.01. The fourth-order valence-electron chi connectivity index (χ4n) is 1.29. The Morgan fingerprint density at radius 3 is 2.06 bits per heavy atom. The van der Waals surface area contributed by atoms with Crippen molar-refractivity contribution in [2.45, 2.75) is 4.90 Å². The smallest absolute Gasteiger partial charge is 0.203 e. The molecular weight excluding hydrogens is 224 g/mol. The molecule has 0 atom stereocenters. The largest absolute Gasteiger partial charge is 0.281 e. The highest BCUT2D eigenvalue weighted by Crippen LogP contribution is 2.18. The fraction of sp³-hybridized carbons (Fsp3) is 0.200. The molecular formula is C10H12N4OS. The van der Waals surface area contributed by atoms with Gasteiger partial charge in [-0.1, -0.05) is 9.93 Å². The van der Waals surface area contributed by atoms with E-state index in [1.165, 1.54) is 6.33 Å². The Hall–Kier alpha value is -1.69. The van der Waals surface area contributed by atoms with E-state index < -0.39 is 9.93 Å². The summed E-state index contributed by atoms with van der Waals surface area (Å²) in [6.07, 6.45) is 4.76. The third-order valence-electron chi connectivity index (χ3n) is 2.16. The number of thiol groups is 1. The van der Waals surface area contributed by atoms with Crippen LogP contribution in [0.1, 0.15) is 0 Å². The minimum absolute atomic E-state index is 0.469. The van der Waals surface area contributed by atoms with Crippen molar-refractivity contribution in [3.05, 3.63) is 30.6 Å². The molecule has 0 aliphatic rings. The molecule has 1 heterocycles. The molecule has 0 aliphatic carbocycles.